The quantitative estimate of drug-likeness (QED) is 0.521. The summed E-state index contributed by atoms with van der Waals surface area (Å²) in [5.74, 6) is -0.0305. The van der Waals surface area contributed by atoms with Crippen LogP contribution < -0.4 is 5.56 Å². The summed E-state index contributed by atoms with van der Waals surface area (Å²) in [7, 11) is 0. The maximum atomic E-state index is 13.0. The number of benzene rings is 1. The molecule has 8 heteroatoms. The number of nitrogens with one attached hydrogen (secondary N) is 1. The first-order chi connectivity index (χ1) is 14.1. The zero-order valence-electron chi connectivity index (χ0n) is 15.3. The van der Waals surface area contributed by atoms with E-state index < -0.39 is 0 Å². The van der Waals surface area contributed by atoms with E-state index >= 15 is 0 Å². The molecule has 1 amide bonds. The summed E-state index contributed by atoms with van der Waals surface area (Å²) in [5.41, 5.74) is 4.28. The standard InChI is InChI=1S/C21H16BrN5O2/c22-15-3-1-2-14(9-15)17-10-19-24-18-12-26(11-16(18)21(29)27(19)25-17)20(28)8-13-4-6-23-7-5-13/h1-7,9-10,25H,8,11-12H2. The molecular weight excluding hydrogens is 434 g/mol. The Morgan fingerprint density at radius 2 is 1.97 bits per heavy atom. The maximum Gasteiger partial charge on any atom is 0.278 e. The number of rotatable bonds is 3. The molecule has 4 aromatic rings. The Bertz CT molecular complexity index is 1300. The van der Waals surface area contributed by atoms with Crippen molar-refractivity contribution in [3.8, 4) is 11.3 Å². The van der Waals surface area contributed by atoms with Crippen molar-refractivity contribution < 1.29 is 4.79 Å². The number of carbonyl (C=O) groups excluding carboxylic acids is 1. The van der Waals surface area contributed by atoms with Gasteiger partial charge in [-0.25, -0.2) is 9.50 Å². The second-order valence-corrected chi connectivity index (χ2v) is 7.91. The van der Waals surface area contributed by atoms with Crippen molar-refractivity contribution in [2.45, 2.75) is 19.5 Å². The fourth-order valence-corrected chi connectivity index (χ4v) is 3.99. The summed E-state index contributed by atoms with van der Waals surface area (Å²) >= 11 is 3.47. The van der Waals surface area contributed by atoms with Gasteiger partial charge in [-0.3, -0.25) is 19.7 Å². The lowest BCUT2D eigenvalue weighted by Crippen LogP contribution is -2.28. The molecule has 7 nitrogen and oxygen atoms in total. The van der Waals surface area contributed by atoms with Crippen LogP contribution in [0.25, 0.3) is 16.9 Å². The van der Waals surface area contributed by atoms with Crippen molar-refractivity contribution >= 4 is 27.5 Å². The van der Waals surface area contributed by atoms with Crippen LogP contribution in [0.4, 0.5) is 0 Å². The van der Waals surface area contributed by atoms with Crippen molar-refractivity contribution in [2.75, 3.05) is 0 Å². The van der Waals surface area contributed by atoms with E-state index in [2.05, 4.69) is 31.0 Å². The van der Waals surface area contributed by atoms with Gasteiger partial charge in [0, 0.05) is 28.5 Å². The van der Waals surface area contributed by atoms with Gasteiger partial charge in [0.1, 0.15) is 0 Å². The molecule has 1 aliphatic heterocycles. The molecule has 4 heterocycles. The summed E-state index contributed by atoms with van der Waals surface area (Å²) in [5, 5.41) is 3.13. The highest BCUT2D eigenvalue weighted by Crippen LogP contribution is 2.24. The van der Waals surface area contributed by atoms with Crippen molar-refractivity contribution in [3.63, 3.8) is 0 Å². The van der Waals surface area contributed by atoms with Crippen LogP contribution in [-0.4, -0.2) is 30.4 Å². The van der Waals surface area contributed by atoms with Crippen LogP contribution in [0, 0.1) is 0 Å². The Kier molecular flexibility index (Phi) is 4.28. The molecule has 144 valence electrons. The Hall–Kier alpha value is -3.26. The Balaban J connectivity index is 1.45. The normalized spacial score (nSPS) is 13.1. The van der Waals surface area contributed by atoms with E-state index in [0.29, 0.717) is 23.4 Å². The summed E-state index contributed by atoms with van der Waals surface area (Å²) in [4.78, 5) is 35.9. The predicted octanol–water partition coefficient (Wildman–Crippen LogP) is 2.93. The number of aromatic amines is 1. The Labute approximate surface area is 174 Å². The van der Waals surface area contributed by atoms with Gasteiger partial charge in [0.2, 0.25) is 5.91 Å². The highest BCUT2D eigenvalue weighted by atomic mass is 79.9. The average molecular weight is 450 g/mol. The van der Waals surface area contributed by atoms with Gasteiger partial charge in [0.25, 0.3) is 5.56 Å². The molecule has 29 heavy (non-hydrogen) atoms. The number of amides is 1. The SMILES string of the molecule is O=C(Cc1ccncc1)N1Cc2nc3cc(-c4cccc(Br)c4)[nH]n3c(=O)c2C1. The second kappa shape index (κ2) is 6.97. The van der Waals surface area contributed by atoms with Gasteiger partial charge in [-0.05, 0) is 29.8 Å². The third-order valence-electron chi connectivity index (χ3n) is 5.08. The molecule has 0 saturated heterocycles. The summed E-state index contributed by atoms with van der Waals surface area (Å²) in [6, 6.07) is 13.3. The van der Waals surface area contributed by atoms with Crippen LogP contribution in [0.5, 0.6) is 0 Å². The minimum absolute atomic E-state index is 0.0305. The average Bonchev–Trinajstić information content (AvgIpc) is 3.34. The summed E-state index contributed by atoms with van der Waals surface area (Å²) < 4.78 is 2.41. The highest BCUT2D eigenvalue weighted by molar-refractivity contribution is 9.10. The van der Waals surface area contributed by atoms with Crippen molar-refractivity contribution in [2.24, 2.45) is 0 Å². The second-order valence-electron chi connectivity index (χ2n) is 7.00. The van der Waals surface area contributed by atoms with E-state index in [1.165, 1.54) is 4.52 Å². The molecule has 0 unspecified atom stereocenters. The zero-order valence-corrected chi connectivity index (χ0v) is 16.9. The van der Waals surface area contributed by atoms with E-state index in [4.69, 9.17) is 0 Å². The minimum Gasteiger partial charge on any atom is -0.332 e. The van der Waals surface area contributed by atoms with Crippen molar-refractivity contribution in [1.82, 2.24) is 24.5 Å². The molecule has 0 atom stereocenters. The van der Waals surface area contributed by atoms with E-state index in [0.717, 1.165) is 21.3 Å². The van der Waals surface area contributed by atoms with Crippen molar-refractivity contribution in [1.29, 1.82) is 0 Å². The fourth-order valence-electron chi connectivity index (χ4n) is 3.59. The van der Waals surface area contributed by atoms with Crippen LogP contribution in [-0.2, 0) is 24.3 Å². The number of nitrogens with zero attached hydrogens (tertiary/aromatic N) is 4. The van der Waals surface area contributed by atoms with Crippen LogP contribution >= 0.6 is 15.9 Å². The monoisotopic (exact) mass is 449 g/mol. The van der Waals surface area contributed by atoms with Crippen LogP contribution in [0.15, 0.2) is 64.1 Å². The number of hydrogen-bond acceptors (Lipinski definition) is 4. The van der Waals surface area contributed by atoms with Crippen LogP contribution in [0.3, 0.4) is 0 Å². The van der Waals surface area contributed by atoms with Gasteiger partial charge < -0.3 is 4.90 Å². The van der Waals surface area contributed by atoms with Crippen molar-refractivity contribution in [3.05, 3.63) is 86.5 Å². The Morgan fingerprint density at radius 1 is 1.14 bits per heavy atom. The van der Waals surface area contributed by atoms with E-state index in [9.17, 15) is 9.59 Å². The molecule has 0 bridgehead atoms. The molecule has 0 spiro atoms. The van der Waals surface area contributed by atoms with Gasteiger partial charge in [-0.15, -0.1) is 0 Å². The number of aromatic nitrogens is 4. The lowest BCUT2D eigenvalue weighted by Gasteiger charge is -2.14. The topological polar surface area (TPSA) is 83.4 Å². The molecule has 0 saturated carbocycles. The Morgan fingerprint density at radius 3 is 2.76 bits per heavy atom. The first-order valence-corrected chi connectivity index (χ1v) is 9.94. The number of fused-ring (bicyclic) bond motifs is 2. The molecule has 0 aliphatic carbocycles. The molecular formula is C21H16BrN5O2. The molecule has 1 aliphatic rings. The predicted molar refractivity (Wildman–Crippen MR) is 111 cm³/mol. The molecule has 0 fully saturated rings. The highest BCUT2D eigenvalue weighted by Gasteiger charge is 2.28. The lowest BCUT2D eigenvalue weighted by molar-refractivity contribution is -0.131. The lowest BCUT2D eigenvalue weighted by atomic mass is 10.2. The fraction of sp³-hybridized carbons (Fsp3) is 0.143. The van der Waals surface area contributed by atoms with Crippen LogP contribution in [0.1, 0.15) is 16.8 Å². The smallest absolute Gasteiger partial charge is 0.278 e. The molecule has 3 aromatic heterocycles. The minimum atomic E-state index is -0.162. The third-order valence-corrected chi connectivity index (χ3v) is 5.57. The largest absolute Gasteiger partial charge is 0.332 e. The maximum absolute atomic E-state index is 13.0. The van der Waals surface area contributed by atoms with E-state index in [1.807, 2.05) is 42.5 Å². The number of carbonyl (C=O) groups is 1. The molecule has 1 aromatic carbocycles. The van der Waals surface area contributed by atoms with Gasteiger partial charge in [-0.2, -0.15) is 0 Å². The molecule has 1 N–H and O–H groups in total. The van der Waals surface area contributed by atoms with Gasteiger partial charge in [-0.1, -0.05) is 28.1 Å². The van der Waals surface area contributed by atoms with Gasteiger partial charge >= 0.3 is 0 Å². The molecule has 0 radical (unpaired) electrons. The number of H-pyrrole nitrogens is 1. The number of pyridine rings is 1. The first kappa shape index (κ1) is 17.8. The van der Waals surface area contributed by atoms with Crippen LogP contribution in [0.2, 0.25) is 0 Å². The summed E-state index contributed by atoms with van der Waals surface area (Å²) in [6.45, 7) is 0.627. The zero-order chi connectivity index (χ0) is 20.0. The summed E-state index contributed by atoms with van der Waals surface area (Å²) in [6.07, 6.45) is 3.62. The van der Waals surface area contributed by atoms with Gasteiger partial charge in [0.05, 0.1) is 36.5 Å². The van der Waals surface area contributed by atoms with E-state index in [1.54, 1.807) is 17.3 Å². The number of hydrogen-bond donors (Lipinski definition) is 1. The van der Waals surface area contributed by atoms with E-state index in [-0.39, 0.29) is 24.4 Å². The molecule has 5 rings (SSSR count). The number of halogens is 1. The van der Waals surface area contributed by atoms with Gasteiger partial charge in [0.15, 0.2) is 5.65 Å². The first-order valence-electron chi connectivity index (χ1n) is 9.14. The third kappa shape index (κ3) is 3.25.